The number of rotatable bonds is 7. The van der Waals surface area contributed by atoms with Crippen LogP contribution < -0.4 is 21.7 Å². The standard InChI is InChI=1S/C18H23N6O9P/c1-20-9-5-3-2-4-8(9)17(27)33-13-12(25)10(6-31-34(28,29)30)32-16(13)24-7-21-11-14(24)22-18(19)23-15(11)26/h2-5,7,10,12-13,16,18,20,22,25H,6,19H2,1H3,(H,23,26)(H2,28,29,30)/t10-,12-,13-,16-,18?/m1/s1. The van der Waals surface area contributed by atoms with Crippen molar-refractivity contribution in [1.29, 1.82) is 0 Å². The Kier molecular flexibility index (Phi) is 6.60. The van der Waals surface area contributed by atoms with Crippen molar-refractivity contribution >= 4 is 31.2 Å². The number of hydrogen-bond acceptors (Lipinski definition) is 11. The molecule has 1 saturated heterocycles. The molecule has 2 aliphatic rings. The topological polar surface area (TPSA) is 220 Å². The molecule has 1 aromatic carbocycles. The molecule has 5 atom stereocenters. The average Bonchev–Trinajstić information content (AvgIpc) is 3.33. The van der Waals surface area contributed by atoms with Gasteiger partial charge in [-0.3, -0.25) is 19.6 Å². The minimum atomic E-state index is -4.87. The lowest BCUT2D eigenvalue weighted by Gasteiger charge is -2.27. The van der Waals surface area contributed by atoms with Crippen LogP contribution in [0.2, 0.25) is 0 Å². The maximum Gasteiger partial charge on any atom is 0.469 e. The van der Waals surface area contributed by atoms with E-state index in [9.17, 15) is 19.3 Å². The number of carbonyl (C=O) groups excluding carboxylic acids is 2. The van der Waals surface area contributed by atoms with Crippen LogP contribution >= 0.6 is 7.82 Å². The highest BCUT2D eigenvalue weighted by molar-refractivity contribution is 7.46. The van der Waals surface area contributed by atoms with Crippen molar-refractivity contribution in [2.75, 3.05) is 24.3 Å². The third kappa shape index (κ3) is 4.76. The highest BCUT2D eigenvalue weighted by Crippen LogP contribution is 2.40. The molecule has 1 unspecified atom stereocenters. The minimum Gasteiger partial charge on any atom is -0.451 e. The van der Waals surface area contributed by atoms with Crippen LogP contribution in [0.5, 0.6) is 0 Å². The zero-order valence-electron chi connectivity index (χ0n) is 17.7. The van der Waals surface area contributed by atoms with Crippen molar-refractivity contribution in [2.24, 2.45) is 5.73 Å². The van der Waals surface area contributed by atoms with Gasteiger partial charge in [-0.2, -0.15) is 0 Å². The van der Waals surface area contributed by atoms with Crippen LogP contribution in [0.15, 0.2) is 30.6 Å². The van der Waals surface area contributed by atoms with Crippen molar-refractivity contribution in [3.63, 3.8) is 0 Å². The Bertz CT molecular complexity index is 1140. The second-order valence-electron chi connectivity index (χ2n) is 7.45. The Morgan fingerprint density at radius 1 is 1.35 bits per heavy atom. The minimum absolute atomic E-state index is 0.0136. The Hall–Kier alpha value is -3.04. The number of anilines is 2. The molecule has 4 rings (SSSR count). The van der Waals surface area contributed by atoms with E-state index in [0.29, 0.717) is 5.69 Å². The molecule has 2 aromatic rings. The normalized spacial score (nSPS) is 26.4. The van der Waals surface area contributed by atoms with Crippen LogP contribution in [0.4, 0.5) is 11.5 Å². The van der Waals surface area contributed by atoms with Gasteiger partial charge in [0.15, 0.2) is 24.3 Å². The molecule has 1 fully saturated rings. The number of nitrogens with one attached hydrogen (secondary N) is 3. The number of ether oxygens (including phenoxy) is 2. The van der Waals surface area contributed by atoms with E-state index in [1.807, 2.05) is 0 Å². The molecule has 8 N–H and O–H groups in total. The lowest BCUT2D eigenvalue weighted by Crippen LogP contribution is -2.51. The largest absolute Gasteiger partial charge is 0.469 e. The third-order valence-corrected chi connectivity index (χ3v) is 5.73. The molecule has 0 aliphatic carbocycles. The van der Waals surface area contributed by atoms with Gasteiger partial charge in [0.1, 0.15) is 18.0 Å². The number of carbonyl (C=O) groups is 2. The zero-order valence-corrected chi connectivity index (χ0v) is 18.6. The summed E-state index contributed by atoms with van der Waals surface area (Å²) >= 11 is 0. The van der Waals surface area contributed by atoms with E-state index < -0.39 is 57.1 Å². The lowest BCUT2D eigenvalue weighted by atomic mass is 10.1. The summed E-state index contributed by atoms with van der Waals surface area (Å²) in [6.07, 6.45) is -5.18. The number of benzene rings is 1. The van der Waals surface area contributed by atoms with Gasteiger partial charge in [0.05, 0.1) is 18.5 Å². The van der Waals surface area contributed by atoms with Gasteiger partial charge in [0.2, 0.25) is 0 Å². The Morgan fingerprint density at radius 3 is 2.79 bits per heavy atom. The monoisotopic (exact) mass is 498 g/mol. The number of hydrogen-bond donors (Lipinski definition) is 7. The van der Waals surface area contributed by atoms with Gasteiger partial charge < -0.3 is 40.3 Å². The van der Waals surface area contributed by atoms with Crippen LogP contribution in [0.25, 0.3) is 0 Å². The van der Waals surface area contributed by atoms with Crippen LogP contribution in [0, 0.1) is 0 Å². The number of imidazole rings is 1. The highest BCUT2D eigenvalue weighted by Gasteiger charge is 2.49. The first-order valence-electron chi connectivity index (χ1n) is 10.00. The van der Waals surface area contributed by atoms with E-state index in [0.717, 1.165) is 0 Å². The smallest absolute Gasteiger partial charge is 0.451 e. The quantitative estimate of drug-likeness (QED) is 0.179. The number of para-hydroxylation sites is 1. The first-order valence-corrected chi connectivity index (χ1v) is 11.5. The maximum absolute atomic E-state index is 12.9. The van der Waals surface area contributed by atoms with Crippen molar-refractivity contribution < 1.29 is 43.0 Å². The molecule has 34 heavy (non-hydrogen) atoms. The van der Waals surface area contributed by atoms with E-state index in [-0.39, 0.29) is 17.1 Å². The van der Waals surface area contributed by atoms with E-state index >= 15 is 0 Å². The Morgan fingerprint density at radius 2 is 2.09 bits per heavy atom. The summed E-state index contributed by atoms with van der Waals surface area (Å²) in [7, 11) is -3.25. The Balaban J connectivity index is 1.66. The number of fused-ring (bicyclic) bond motifs is 1. The molecule has 0 spiro atoms. The molecule has 15 nitrogen and oxygen atoms in total. The predicted octanol–water partition coefficient (Wildman–Crippen LogP) is -1.08. The van der Waals surface area contributed by atoms with E-state index in [1.165, 1.54) is 17.0 Å². The van der Waals surface area contributed by atoms with E-state index in [2.05, 4.69) is 25.5 Å². The molecule has 1 aromatic heterocycles. The van der Waals surface area contributed by atoms with Crippen molar-refractivity contribution in [3.05, 3.63) is 41.9 Å². The van der Waals surface area contributed by atoms with Crippen LogP contribution in [-0.2, 0) is 18.6 Å². The summed E-state index contributed by atoms with van der Waals surface area (Å²) in [5.41, 5.74) is 6.41. The van der Waals surface area contributed by atoms with Gasteiger partial charge in [0, 0.05) is 12.7 Å². The molecule has 1 amide bonds. The summed E-state index contributed by atoms with van der Waals surface area (Å²) in [4.78, 5) is 47.2. The number of nitrogens with two attached hydrogens (primary N) is 1. The van der Waals surface area contributed by atoms with Gasteiger partial charge in [-0.15, -0.1) is 0 Å². The molecule has 2 aliphatic heterocycles. The van der Waals surface area contributed by atoms with E-state index in [1.54, 1.807) is 25.2 Å². The number of aliphatic hydroxyl groups is 1. The van der Waals surface area contributed by atoms with Crippen LogP contribution in [0.3, 0.4) is 0 Å². The van der Waals surface area contributed by atoms with E-state index in [4.69, 9.17) is 25.0 Å². The van der Waals surface area contributed by atoms with Gasteiger partial charge in [0.25, 0.3) is 5.91 Å². The maximum atomic E-state index is 12.9. The summed E-state index contributed by atoms with van der Waals surface area (Å²) in [6, 6.07) is 6.52. The summed E-state index contributed by atoms with van der Waals surface area (Å²) in [5, 5.41) is 18.9. The van der Waals surface area contributed by atoms with Gasteiger partial charge >= 0.3 is 13.8 Å². The summed E-state index contributed by atoms with van der Waals surface area (Å²) in [5.74, 6) is -1.21. The summed E-state index contributed by atoms with van der Waals surface area (Å²) < 4.78 is 28.3. The number of phosphoric ester groups is 1. The first-order chi connectivity index (χ1) is 16.1. The number of amides is 1. The molecule has 0 radical (unpaired) electrons. The molecule has 0 saturated carbocycles. The molecule has 3 heterocycles. The van der Waals surface area contributed by atoms with Crippen LogP contribution in [-0.4, -0.2) is 74.6 Å². The van der Waals surface area contributed by atoms with Gasteiger partial charge in [-0.05, 0) is 12.1 Å². The summed E-state index contributed by atoms with van der Waals surface area (Å²) in [6.45, 7) is -0.701. The fourth-order valence-corrected chi connectivity index (χ4v) is 4.04. The molecular formula is C18H23N6O9P. The second kappa shape index (κ2) is 9.31. The molecular weight excluding hydrogens is 475 g/mol. The first kappa shape index (κ1) is 24.1. The number of aliphatic hydroxyl groups excluding tert-OH is 1. The molecule has 16 heteroatoms. The number of esters is 1. The van der Waals surface area contributed by atoms with Gasteiger partial charge in [-0.1, -0.05) is 12.1 Å². The number of nitrogens with zero attached hydrogens (tertiary/aromatic N) is 2. The van der Waals surface area contributed by atoms with Crippen molar-refractivity contribution in [1.82, 2.24) is 14.9 Å². The SMILES string of the molecule is CNc1ccccc1C(=O)O[C@@H]1[C@H](O)[C@@H](COP(=O)(O)O)O[C@H]1n1cnc2c1NC(N)NC2=O. The fourth-order valence-electron chi connectivity index (χ4n) is 3.70. The fraction of sp³-hybridized carbons (Fsp3) is 0.389. The van der Waals surface area contributed by atoms with Crippen molar-refractivity contribution in [2.45, 2.75) is 30.8 Å². The molecule has 0 bridgehead atoms. The predicted molar refractivity (Wildman–Crippen MR) is 114 cm³/mol. The molecule has 184 valence electrons. The highest BCUT2D eigenvalue weighted by atomic mass is 31.2. The number of aromatic nitrogens is 2. The van der Waals surface area contributed by atoms with Crippen LogP contribution in [0.1, 0.15) is 27.1 Å². The number of phosphoric acid groups is 1. The van der Waals surface area contributed by atoms with Crippen molar-refractivity contribution in [3.8, 4) is 0 Å². The van der Waals surface area contributed by atoms with Gasteiger partial charge in [-0.25, -0.2) is 14.3 Å². The zero-order chi connectivity index (χ0) is 24.6. The second-order valence-corrected chi connectivity index (χ2v) is 8.69. The average molecular weight is 498 g/mol. The third-order valence-electron chi connectivity index (χ3n) is 5.24. The Labute approximate surface area is 192 Å². The lowest BCUT2D eigenvalue weighted by molar-refractivity contribution is -0.0567.